The van der Waals surface area contributed by atoms with E-state index in [1.54, 1.807) is 13.2 Å². The summed E-state index contributed by atoms with van der Waals surface area (Å²) in [5, 5.41) is 6.20. The molecule has 1 saturated carbocycles. The fraction of sp³-hybridized carbons (Fsp3) is 0.485. The van der Waals surface area contributed by atoms with Crippen LogP contribution in [0.4, 0.5) is 0 Å². The lowest BCUT2D eigenvalue weighted by molar-refractivity contribution is -0.134. The number of ether oxygens (including phenoxy) is 2. The van der Waals surface area contributed by atoms with Crippen molar-refractivity contribution in [2.75, 3.05) is 33.4 Å². The van der Waals surface area contributed by atoms with Crippen LogP contribution >= 0.6 is 0 Å². The minimum Gasteiger partial charge on any atom is -0.497 e. The molecule has 4 rings (SSSR count). The number of carbonyl (C=O) groups excluding carboxylic acids is 3. The zero-order valence-corrected chi connectivity index (χ0v) is 24.8. The quantitative estimate of drug-likeness (QED) is 0.355. The molecule has 220 valence electrons. The predicted octanol–water partition coefficient (Wildman–Crippen LogP) is 4.98. The topological polar surface area (TPSA) is 97.0 Å². The number of carbonyl (C=O) groups is 3. The van der Waals surface area contributed by atoms with Crippen LogP contribution < -0.4 is 20.1 Å². The molecule has 0 radical (unpaired) electrons. The van der Waals surface area contributed by atoms with Gasteiger partial charge in [0.2, 0.25) is 5.91 Å². The molecular weight excluding hydrogens is 518 g/mol. The molecule has 2 amide bonds. The van der Waals surface area contributed by atoms with Crippen molar-refractivity contribution in [2.24, 2.45) is 5.92 Å². The van der Waals surface area contributed by atoms with Gasteiger partial charge in [-0.15, -0.1) is 0 Å². The monoisotopic (exact) mass is 561 g/mol. The van der Waals surface area contributed by atoms with E-state index in [0.717, 1.165) is 60.3 Å². The molecule has 2 aromatic carbocycles. The standard InChI is InChI=1S/C33H43N3O5/c1-5-41-29-17-28(40-4)15-14-26(29)18-34-19-30(37)36-20-27(21-36)24-12-9-13-25(16-24)33(39)35-31(32(38)22(2)3)23-10-7-6-8-11-23/h9,12-17,22,27,34H,5-8,10-11,18-21H2,1-4H3,(H,35,39). The lowest BCUT2D eigenvalue weighted by Crippen LogP contribution is -2.51. The van der Waals surface area contributed by atoms with Crippen LogP contribution in [-0.2, 0) is 16.1 Å². The molecule has 41 heavy (non-hydrogen) atoms. The van der Waals surface area contributed by atoms with Crippen LogP contribution in [0.2, 0.25) is 0 Å². The number of allylic oxidation sites excluding steroid dienone is 2. The van der Waals surface area contributed by atoms with Crippen LogP contribution in [0.1, 0.15) is 80.3 Å². The highest BCUT2D eigenvalue weighted by atomic mass is 16.5. The van der Waals surface area contributed by atoms with Gasteiger partial charge in [-0.1, -0.05) is 38.5 Å². The van der Waals surface area contributed by atoms with Crippen LogP contribution in [0.5, 0.6) is 11.5 Å². The third kappa shape index (κ3) is 7.76. The van der Waals surface area contributed by atoms with Crippen LogP contribution in [0.25, 0.3) is 0 Å². The predicted molar refractivity (Wildman–Crippen MR) is 159 cm³/mol. The second-order valence-electron chi connectivity index (χ2n) is 11.1. The van der Waals surface area contributed by atoms with Crippen molar-refractivity contribution in [1.82, 2.24) is 15.5 Å². The summed E-state index contributed by atoms with van der Waals surface area (Å²) in [6.45, 7) is 8.18. The van der Waals surface area contributed by atoms with E-state index in [-0.39, 0.29) is 36.0 Å². The number of hydrogen-bond acceptors (Lipinski definition) is 6. The summed E-state index contributed by atoms with van der Waals surface area (Å²) in [5.74, 6) is 1.25. The number of methoxy groups -OCH3 is 1. The van der Waals surface area contributed by atoms with E-state index in [4.69, 9.17) is 9.47 Å². The Morgan fingerprint density at radius 3 is 2.46 bits per heavy atom. The van der Waals surface area contributed by atoms with Crippen LogP contribution in [0.3, 0.4) is 0 Å². The fourth-order valence-electron chi connectivity index (χ4n) is 5.37. The van der Waals surface area contributed by atoms with Gasteiger partial charge in [-0.2, -0.15) is 0 Å². The summed E-state index contributed by atoms with van der Waals surface area (Å²) < 4.78 is 11.0. The number of nitrogens with one attached hydrogen (secondary N) is 2. The minimum absolute atomic E-state index is 0.00531. The summed E-state index contributed by atoms with van der Waals surface area (Å²) in [6, 6.07) is 13.2. The zero-order valence-electron chi connectivity index (χ0n) is 24.8. The molecule has 1 aliphatic heterocycles. The smallest absolute Gasteiger partial charge is 0.255 e. The Morgan fingerprint density at radius 2 is 1.78 bits per heavy atom. The highest BCUT2D eigenvalue weighted by Gasteiger charge is 2.32. The molecule has 2 N–H and O–H groups in total. The lowest BCUT2D eigenvalue weighted by atomic mass is 9.89. The maximum absolute atomic E-state index is 13.2. The van der Waals surface area contributed by atoms with E-state index in [0.29, 0.717) is 37.5 Å². The largest absolute Gasteiger partial charge is 0.497 e. The van der Waals surface area contributed by atoms with Gasteiger partial charge in [0.05, 0.1) is 26.0 Å². The maximum Gasteiger partial charge on any atom is 0.255 e. The van der Waals surface area contributed by atoms with Gasteiger partial charge in [0, 0.05) is 48.7 Å². The van der Waals surface area contributed by atoms with Crippen molar-refractivity contribution in [2.45, 2.75) is 65.3 Å². The summed E-state index contributed by atoms with van der Waals surface area (Å²) in [6.07, 6.45) is 5.00. The second-order valence-corrected chi connectivity index (χ2v) is 11.1. The van der Waals surface area contributed by atoms with Crippen molar-refractivity contribution in [3.63, 3.8) is 0 Å². The molecule has 8 nitrogen and oxygen atoms in total. The first-order valence-corrected chi connectivity index (χ1v) is 14.8. The first-order valence-electron chi connectivity index (χ1n) is 14.8. The van der Waals surface area contributed by atoms with E-state index < -0.39 is 0 Å². The van der Waals surface area contributed by atoms with Gasteiger partial charge in [-0.3, -0.25) is 14.4 Å². The molecule has 2 aromatic rings. The molecule has 0 aromatic heterocycles. The molecule has 8 heteroatoms. The van der Waals surface area contributed by atoms with Crippen molar-refractivity contribution >= 4 is 17.6 Å². The number of rotatable bonds is 12. The highest BCUT2D eigenvalue weighted by molar-refractivity contribution is 6.04. The van der Waals surface area contributed by atoms with E-state index in [2.05, 4.69) is 10.6 Å². The van der Waals surface area contributed by atoms with Gasteiger partial charge in [0.1, 0.15) is 11.5 Å². The summed E-state index contributed by atoms with van der Waals surface area (Å²) >= 11 is 0. The van der Waals surface area contributed by atoms with Gasteiger partial charge >= 0.3 is 0 Å². The second kappa shape index (κ2) is 14.3. The third-order valence-electron chi connectivity index (χ3n) is 7.84. The number of hydrogen-bond donors (Lipinski definition) is 2. The first kappa shape index (κ1) is 30.3. The number of likely N-dealkylation sites (tertiary alicyclic amines) is 1. The molecule has 0 bridgehead atoms. The van der Waals surface area contributed by atoms with Gasteiger partial charge in [0.25, 0.3) is 5.91 Å². The Hall–Kier alpha value is -3.65. The highest BCUT2D eigenvalue weighted by Crippen LogP contribution is 2.29. The molecule has 1 saturated heterocycles. The Labute approximate surface area is 243 Å². The van der Waals surface area contributed by atoms with E-state index in [9.17, 15) is 14.4 Å². The van der Waals surface area contributed by atoms with E-state index >= 15 is 0 Å². The normalized spacial score (nSPS) is 15.3. The summed E-state index contributed by atoms with van der Waals surface area (Å²) in [4.78, 5) is 40.8. The Bertz CT molecular complexity index is 1270. The molecule has 1 aliphatic carbocycles. The average Bonchev–Trinajstić information content (AvgIpc) is 2.96. The van der Waals surface area contributed by atoms with Crippen LogP contribution in [0, 0.1) is 5.92 Å². The van der Waals surface area contributed by atoms with Crippen LogP contribution in [0.15, 0.2) is 53.7 Å². The average molecular weight is 562 g/mol. The fourth-order valence-corrected chi connectivity index (χ4v) is 5.37. The van der Waals surface area contributed by atoms with Gasteiger partial charge < -0.3 is 25.0 Å². The SMILES string of the molecule is CCOc1cc(OC)ccc1CNCC(=O)N1CC(c2cccc(C(=O)NC(C(=O)C(C)C)=C3CCCCC3)c2)C1. The molecule has 0 unspecified atom stereocenters. The first-order chi connectivity index (χ1) is 19.8. The molecule has 2 aliphatic rings. The molecule has 1 heterocycles. The van der Waals surface area contributed by atoms with E-state index in [1.165, 1.54) is 0 Å². The number of Topliss-reactive ketones (excluding diaryl/α,β-unsaturated/α-hetero) is 1. The number of amides is 2. The molecule has 0 atom stereocenters. The van der Waals surface area contributed by atoms with Crippen molar-refractivity contribution in [3.05, 3.63) is 70.4 Å². The summed E-state index contributed by atoms with van der Waals surface area (Å²) in [5.41, 5.74) is 4.09. The van der Waals surface area contributed by atoms with Crippen molar-refractivity contribution < 1.29 is 23.9 Å². The molecule has 2 fully saturated rings. The zero-order chi connectivity index (χ0) is 29.4. The Kier molecular flexibility index (Phi) is 10.6. The number of nitrogens with zero attached hydrogens (tertiary/aromatic N) is 1. The van der Waals surface area contributed by atoms with Crippen LogP contribution in [-0.4, -0.2) is 55.8 Å². The van der Waals surface area contributed by atoms with Gasteiger partial charge in [-0.25, -0.2) is 0 Å². The number of ketones is 1. The third-order valence-corrected chi connectivity index (χ3v) is 7.84. The maximum atomic E-state index is 13.2. The molecular formula is C33H43N3O5. The van der Waals surface area contributed by atoms with E-state index in [1.807, 2.05) is 62.1 Å². The minimum atomic E-state index is -0.254. The Balaban J connectivity index is 1.31. The molecule has 0 spiro atoms. The number of benzene rings is 2. The van der Waals surface area contributed by atoms with Crippen molar-refractivity contribution in [3.8, 4) is 11.5 Å². The van der Waals surface area contributed by atoms with Gasteiger partial charge in [0.15, 0.2) is 5.78 Å². The lowest BCUT2D eigenvalue weighted by Gasteiger charge is -2.39. The van der Waals surface area contributed by atoms with Gasteiger partial charge in [-0.05, 0) is 61.9 Å². The van der Waals surface area contributed by atoms with Crippen molar-refractivity contribution in [1.29, 1.82) is 0 Å². The Morgan fingerprint density at radius 1 is 1.02 bits per heavy atom. The summed E-state index contributed by atoms with van der Waals surface area (Å²) in [7, 11) is 1.62.